The lowest BCUT2D eigenvalue weighted by Crippen LogP contribution is -1.94. The molecule has 0 bridgehead atoms. The number of nitro benzene ring substituents is 1. The number of aromatic nitrogens is 3. The van der Waals surface area contributed by atoms with E-state index in [1.165, 1.54) is 12.3 Å². The number of para-hydroxylation sites is 1. The Hall–Kier alpha value is -2.37. The van der Waals surface area contributed by atoms with Crippen LogP contribution in [0, 0.1) is 10.1 Å². The largest absolute Gasteiger partial charge is 0.278 e. The molecule has 6 heteroatoms. The molecule has 2 rings (SSSR count). The molecule has 1 heterocycles. The second kappa shape index (κ2) is 3.79. The van der Waals surface area contributed by atoms with Crippen LogP contribution in [-0.2, 0) is 0 Å². The van der Waals surface area contributed by atoms with Crippen molar-refractivity contribution >= 4 is 5.69 Å². The maximum absolute atomic E-state index is 10.7. The van der Waals surface area contributed by atoms with Crippen LogP contribution in [0.1, 0.15) is 0 Å². The summed E-state index contributed by atoms with van der Waals surface area (Å²) in [6.45, 7) is 0. The van der Waals surface area contributed by atoms with E-state index in [0.29, 0.717) is 11.3 Å². The summed E-state index contributed by atoms with van der Waals surface area (Å²) in [5.41, 5.74) is 0.896. The second-order valence-electron chi connectivity index (χ2n) is 2.78. The minimum absolute atomic E-state index is 0.0120. The van der Waals surface area contributed by atoms with Crippen molar-refractivity contribution in [3.8, 4) is 11.3 Å². The van der Waals surface area contributed by atoms with Crippen LogP contribution in [0.2, 0.25) is 0 Å². The van der Waals surface area contributed by atoms with Gasteiger partial charge in [-0.15, -0.1) is 10.2 Å². The van der Waals surface area contributed by atoms with Crippen molar-refractivity contribution in [2.75, 3.05) is 0 Å². The molecule has 1 aromatic carbocycles. The zero-order valence-corrected chi connectivity index (χ0v) is 7.57. The molecule has 0 saturated heterocycles. The first-order valence-electron chi connectivity index (χ1n) is 4.17. The van der Waals surface area contributed by atoms with E-state index in [4.69, 9.17) is 0 Å². The van der Waals surface area contributed by atoms with E-state index in [1.54, 1.807) is 24.3 Å². The third-order valence-corrected chi connectivity index (χ3v) is 1.88. The maximum Gasteiger partial charge on any atom is 0.278 e. The zero-order valence-electron chi connectivity index (χ0n) is 7.57. The molecule has 1 aromatic heterocycles. The maximum atomic E-state index is 10.7. The number of benzene rings is 1. The van der Waals surface area contributed by atoms with Gasteiger partial charge in [0, 0.05) is 6.07 Å². The van der Waals surface area contributed by atoms with Gasteiger partial charge in [0.1, 0.15) is 5.69 Å². The Kier molecular flexibility index (Phi) is 2.32. The van der Waals surface area contributed by atoms with Crippen molar-refractivity contribution in [1.82, 2.24) is 15.4 Å². The molecular formula is C9H6N4O2. The molecule has 0 aliphatic rings. The van der Waals surface area contributed by atoms with Gasteiger partial charge in [0.15, 0.2) is 0 Å². The predicted molar refractivity (Wildman–Crippen MR) is 51.9 cm³/mol. The van der Waals surface area contributed by atoms with Gasteiger partial charge in [-0.1, -0.05) is 12.1 Å². The Balaban J connectivity index is 2.58. The molecule has 0 amide bonds. The van der Waals surface area contributed by atoms with Crippen molar-refractivity contribution in [2.24, 2.45) is 0 Å². The van der Waals surface area contributed by atoms with Crippen LogP contribution >= 0.6 is 0 Å². The Morgan fingerprint density at radius 1 is 1.20 bits per heavy atom. The number of rotatable bonds is 2. The topological polar surface area (TPSA) is 81.8 Å². The summed E-state index contributed by atoms with van der Waals surface area (Å²) in [6.07, 6.45) is 1.44. The van der Waals surface area contributed by atoms with Crippen LogP contribution in [0.15, 0.2) is 36.5 Å². The normalized spacial score (nSPS) is 9.87. The molecule has 74 valence electrons. The van der Waals surface area contributed by atoms with E-state index >= 15 is 0 Å². The Morgan fingerprint density at radius 2 is 2.00 bits per heavy atom. The zero-order chi connectivity index (χ0) is 10.7. The second-order valence-corrected chi connectivity index (χ2v) is 2.78. The third-order valence-electron chi connectivity index (χ3n) is 1.88. The van der Waals surface area contributed by atoms with Crippen molar-refractivity contribution in [3.05, 3.63) is 46.6 Å². The van der Waals surface area contributed by atoms with Gasteiger partial charge in [0.05, 0.1) is 16.7 Å². The highest BCUT2D eigenvalue weighted by atomic mass is 16.6. The summed E-state index contributed by atoms with van der Waals surface area (Å²) >= 11 is 0. The summed E-state index contributed by atoms with van der Waals surface area (Å²) in [5, 5.41) is 21.4. The molecule has 2 aromatic rings. The van der Waals surface area contributed by atoms with E-state index in [-0.39, 0.29) is 5.69 Å². The fourth-order valence-electron chi connectivity index (χ4n) is 1.23. The summed E-state index contributed by atoms with van der Waals surface area (Å²) in [6, 6.07) is 7.95. The van der Waals surface area contributed by atoms with Gasteiger partial charge < -0.3 is 0 Å². The van der Waals surface area contributed by atoms with E-state index in [9.17, 15) is 10.1 Å². The van der Waals surface area contributed by atoms with E-state index < -0.39 is 4.92 Å². The van der Waals surface area contributed by atoms with Gasteiger partial charge in [-0.2, -0.15) is 0 Å². The lowest BCUT2D eigenvalue weighted by atomic mass is 10.1. The van der Waals surface area contributed by atoms with Crippen LogP contribution in [0.3, 0.4) is 0 Å². The number of nitrogens with zero attached hydrogens (tertiary/aromatic N) is 4. The Labute approximate surface area is 84.7 Å². The van der Waals surface area contributed by atoms with Crippen LogP contribution in [0.5, 0.6) is 0 Å². The van der Waals surface area contributed by atoms with Crippen molar-refractivity contribution < 1.29 is 4.92 Å². The van der Waals surface area contributed by atoms with Gasteiger partial charge in [-0.05, 0) is 17.3 Å². The third kappa shape index (κ3) is 1.78. The predicted octanol–water partition coefficient (Wildman–Crippen LogP) is 1.45. The first-order valence-corrected chi connectivity index (χ1v) is 4.17. The summed E-state index contributed by atoms with van der Waals surface area (Å²) < 4.78 is 0. The molecule has 6 nitrogen and oxygen atoms in total. The average molecular weight is 202 g/mol. The molecular weight excluding hydrogens is 196 g/mol. The highest BCUT2D eigenvalue weighted by Crippen LogP contribution is 2.26. The van der Waals surface area contributed by atoms with E-state index in [0.717, 1.165) is 0 Å². The fraction of sp³-hybridized carbons (Fsp3) is 0. The minimum atomic E-state index is -0.447. The molecule has 0 unspecified atom stereocenters. The van der Waals surface area contributed by atoms with Crippen LogP contribution in [0.25, 0.3) is 11.3 Å². The summed E-state index contributed by atoms with van der Waals surface area (Å²) in [5.74, 6) is 0. The van der Waals surface area contributed by atoms with E-state index in [2.05, 4.69) is 15.4 Å². The monoisotopic (exact) mass is 202 g/mol. The van der Waals surface area contributed by atoms with Gasteiger partial charge in [-0.25, -0.2) is 0 Å². The highest BCUT2D eigenvalue weighted by molar-refractivity contribution is 5.69. The molecule has 0 atom stereocenters. The molecule has 0 aliphatic carbocycles. The molecule has 0 radical (unpaired) electrons. The Bertz CT molecular complexity index is 486. The standard InChI is InChI=1S/C9H6N4O2/c14-13(15)9-4-2-1-3-7(9)8-5-6-10-12-11-8/h1-6H. The molecule has 0 aliphatic heterocycles. The van der Waals surface area contributed by atoms with Gasteiger partial charge in [-0.3, -0.25) is 10.1 Å². The van der Waals surface area contributed by atoms with E-state index in [1.807, 2.05) is 0 Å². The number of hydrogen-bond acceptors (Lipinski definition) is 5. The van der Waals surface area contributed by atoms with Crippen LogP contribution in [-0.4, -0.2) is 20.3 Å². The van der Waals surface area contributed by atoms with Gasteiger partial charge >= 0.3 is 0 Å². The average Bonchev–Trinajstić information content (AvgIpc) is 2.30. The van der Waals surface area contributed by atoms with Crippen molar-refractivity contribution in [2.45, 2.75) is 0 Å². The molecule has 0 fully saturated rings. The molecule has 0 spiro atoms. The minimum Gasteiger partial charge on any atom is -0.258 e. The van der Waals surface area contributed by atoms with Gasteiger partial charge in [0.25, 0.3) is 5.69 Å². The first kappa shape index (κ1) is 9.20. The number of nitro groups is 1. The lowest BCUT2D eigenvalue weighted by molar-refractivity contribution is -0.384. The number of hydrogen-bond donors (Lipinski definition) is 0. The van der Waals surface area contributed by atoms with Crippen LogP contribution in [0.4, 0.5) is 5.69 Å². The fourth-order valence-corrected chi connectivity index (χ4v) is 1.23. The lowest BCUT2D eigenvalue weighted by Gasteiger charge is -1.99. The van der Waals surface area contributed by atoms with Gasteiger partial charge in [0.2, 0.25) is 0 Å². The molecule has 0 saturated carbocycles. The quantitative estimate of drug-likeness (QED) is 0.543. The molecule has 15 heavy (non-hydrogen) atoms. The summed E-state index contributed by atoms with van der Waals surface area (Å²) in [7, 11) is 0. The highest BCUT2D eigenvalue weighted by Gasteiger charge is 2.14. The summed E-state index contributed by atoms with van der Waals surface area (Å²) in [4.78, 5) is 10.3. The molecule has 0 N–H and O–H groups in total. The van der Waals surface area contributed by atoms with Crippen molar-refractivity contribution in [3.63, 3.8) is 0 Å². The Morgan fingerprint density at radius 3 is 2.67 bits per heavy atom. The van der Waals surface area contributed by atoms with Crippen molar-refractivity contribution in [1.29, 1.82) is 0 Å². The smallest absolute Gasteiger partial charge is 0.258 e. The first-order chi connectivity index (χ1) is 7.29. The van der Waals surface area contributed by atoms with Crippen LogP contribution < -0.4 is 0 Å². The SMILES string of the molecule is O=[N+]([O-])c1ccccc1-c1ccnnn1.